The smallest absolute Gasteiger partial charge is 0.328 e. The van der Waals surface area contributed by atoms with E-state index in [9.17, 15) is 13.6 Å². The molecule has 2 saturated heterocycles. The first kappa shape index (κ1) is 28.3. The summed E-state index contributed by atoms with van der Waals surface area (Å²) in [5, 5.41) is 0. The highest BCUT2D eigenvalue weighted by molar-refractivity contribution is 7.39. The van der Waals surface area contributed by atoms with Gasteiger partial charge in [-0.05, 0) is 55.3 Å². The van der Waals surface area contributed by atoms with Gasteiger partial charge >= 0.3 is 8.60 Å². The van der Waals surface area contributed by atoms with Gasteiger partial charge in [-0.25, -0.2) is 8.78 Å². The van der Waals surface area contributed by atoms with Gasteiger partial charge in [0.05, 0.1) is 44.8 Å². The molecule has 0 bridgehead atoms. The van der Waals surface area contributed by atoms with Crippen LogP contribution in [0.15, 0.2) is 48.0 Å². The predicted octanol–water partition coefficient (Wildman–Crippen LogP) is 3.75. The summed E-state index contributed by atoms with van der Waals surface area (Å²) in [6, 6.07) is 6.88. The third-order valence-corrected chi connectivity index (χ3v) is 7.53. The van der Waals surface area contributed by atoms with Crippen molar-refractivity contribution in [1.82, 2.24) is 9.80 Å². The van der Waals surface area contributed by atoms with Crippen LogP contribution in [0.25, 0.3) is 6.08 Å². The maximum absolute atomic E-state index is 14.3. The van der Waals surface area contributed by atoms with Gasteiger partial charge in [-0.1, -0.05) is 6.07 Å². The summed E-state index contributed by atoms with van der Waals surface area (Å²) in [5.74, 6) is -1.09. The van der Waals surface area contributed by atoms with Crippen LogP contribution in [0.5, 0.6) is 5.75 Å². The van der Waals surface area contributed by atoms with E-state index in [1.807, 2.05) is 35.1 Å². The highest BCUT2D eigenvalue weighted by atomic mass is 31.2. The molecule has 2 aromatic carbocycles. The van der Waals surface area contributed by atoms with Crippen molar-refractivity contribution in [1.29, 1.82) is 0 Å². The van der Waals surface area contributed by atoms with Gasteiger partial charge in [-0.3, -0.25) is 9.32 Å². The molecule has 3 aliphatic heterocycles. The van der Waals surface area contributed by atoms with Crippen molar-refractivity contribution >= 4 is 26.3 Å². The van der Waals surface area contributed by atoms with Crippen LogP contribution in [0.2, 0.25) is 0 Å². The molecule has 5 rings (SSSR count). The van der Waals surface area contributed by atoms with Crippen LogP contribution < -0.4 is 9.64 Å². The Labute approximate surface area is 231 Å². The summed E-state index contributed by atoms with van der Waals surface area (Å²) < 4.78 is 50.7. The van der Waals surface area contributed by atoms with Gasteiger partial charge in [-0.15, -0.1) is 0 Å². The molecule has 13 heteroatoms. The Morgan fingerprint density at radius 1 is 1.12 bits per heavy atom. The Hall–Kier alpha value is -3.28. The third kappa shape index (κ3) is 5.63. The molecule has 0 aliphatic carbocycles. The molecule has 1 amide bonds. The van der Waals surface area contributed by atoms with Crippen molar-refractivity contribution in [3.05, 3.63) is 76.3 Å². The van der Waals surface area contributed by atoms with Gasteiger partial charge in [-0.2, -0.15) is 0 Å². The van der Waals surface area contributed by atoms with E-state index in [2.05, 4.69) is 0 Å². The fourth-order valence-electron chi connectivity index (χ4n) is 4.98. The number of hydrogen-bond acceptors (Lipinski definition) is 9. The fourth-order valence-corrected chi connectivity index (χ4v) is 5.23. The normalized spacial score (nSPS) is 22.1. The van der Waals surface area contributed by atoms with Crippen LogP contribution in [-0.4, -0.2) is 71.9 Å². The number of nitrogens with zero attached hydrogens (tertiary/aromatic N) is 3. The molecule has 2 fully saturated rings. The Morgan fingerprint density at radius 3 is 2.58 bits per heavy atom. The highest BCUT2D eigenvalue weighted by Gasteiger charge is 2.42. The second-order valence-corrected chi connectivity index (χ2v) is 10.5. The van der Waals surface area contributed by atoms with E-state index in [-0.39, 0.29) is 37.9 Å². The quantitative estimate of drug-likeness (QED) is 0.376. The van der Waals surface area contributed by atoms with E-state index in [1.165, 1.54) is 19.1 Å². The minimum atomic E-state index is -2.46. The Balaban J connectivity index is 1.37. The second-order valence-electron chi connectivity index (χ2n) is 9.71. The summed E-state index contributed by atoms with van der Waals surface area (Å²) >= 11 is 0. The maximum atomic E-state index is 14.3. The lowest BCUT2D eigenvalue weighted by molar-refractivity contribution is -0.157. The van der Waals surface area contributed by atoms with Gasteiger partial charge in [0.25, 0.3) is 5.91 Å². The first-order valence-electron chi connectivity index (χ1n) is 12.6. The minimum Gasteiger partial charge on any atom is -0.495 e. The number of halogens is 2. The number of methoxy groups -OCH3 is 1. The lowest BCUT2D eigenvalue weighted by Crippen LogP contribution is -2.56. The zero-order valence-electron chi connectivity index (χ0n) is 22.2. The number of hydrogen-bond donors (Lipinski definition) is 2. The van der Waals surface area contributed by atoms with Crippen molar-refractivity contribution < 1.29 is 42.1 Å². The maximum Gasteiger partial charge on any atom is 0.328 e. The first-order valence-corrected chi connectivity index (χ1v) is 13.7. The van der Waals surface area contributed by atoms with Gasteiger partial charge in [0.15, 0.2) is 5.76 Å². The SMILES string of the molecule is COc1cc(/C=C2\OC[C@H]3COC[C@@H](c4cc(F)c(C)c(F)c4)N3C2=O)ccc1N1C=C(C)N(COP(O)O)C1. The number of amides is 1. The zero-order valence-corrected chi connectivity index (χ0v) is 23.1. The number of anilines is 1. The van der Waals surface area contributed by atoms with E-state index in [4.69, 9.17) is 28.5 Å². The van der Waals surface area contributed by atoms with E-state index < -0.39 is 38.2 Å². The van der Waals surface area contributed by atoms with E-state index >= 15 is 0 Å². The van der Waals surface area contributed by atoms with Gasteiger partial charge in [0, 0.05) is 17.5 Å². The molecule has 10 nitrogen and oxygen atoms in total. The Bertz CT molecular complexity index is 1330. The molecule has 214 valence electrons. The van der Waals surface area contributed by atoms with Crippen LogP contribution in [0.4, 0.5) is 14.5 Å². The monoisotopic (exact) mass is 577 g/mol. The molecule has 3 aliphatic rings. The molecule has 0 spiro atoms. The number of benzene rings is 2. The molecule has 0 radical (unpaired) electrons. The highest BCUT2D eigenvalue weighted by Crippen LogP contribution is 2.37. The van der Waals surface area contributed by atoms with Crippen LogP contribution in [0.3, 0.4) is 0 Å². The number of carbonyl (C=O) groups excluding carboxylic acids is 1. The number of rotatable bonds is 7. The van der Waals surface area contributed by atoms with Gasteiger partial charge in [0.2, 0.25) is 0 Å². The molecule has 2 atom stereocenters. The average Bonchev–Trinajstić information content (AvgIpc) is 3.31. The first-order chi connectivity index (χ1) is 19.2. The molecule has 40 heavy (non-hydrogen) atoms. The second kappa shape index (κ2) is 11.7. The van der Waals surface area contributed by atoms with Crippen LogP contribution in [0, 0.1) is 18.6 Å². The molecule has 0 unspecified atom stereocenters. The van der Waals surface area contributed by atoms with Crippen LogP contribution >= 0.6 is 8.60 Å². The minimum absolute atomic E-state index is 0.0227. The lowest BCUT2D eigenvalue weighted by Gasteiger charge is -2.45. The lowest BCUT2D eigenvalue weighted by atomic mass is 9.99. The van der Waals surface area contributed by atoms with E-state index in [0.29, 0.717) is 23.5 Å². The van der Waals surface area contributed by atoms with Gasteiger partial charge < -0.3 is 38.7 Å². The molecular formula is C27H30F2N3O7P. The molecule has 0 aromatic heterocycles. The Kier molecular flexibility index (Phi) is 8.25. The zero-order chi connectivity index (χ0) is 28.6. The van der Waals surface area contributed by atoms with Crippen molar-refractivity contribution in [3.63, 3.8) is 0 Å². The summed E-state index contributed by atoms with van der Waals surface area (Å²) in [7, 11) is -0.917. The number of carbonyl (C=O) groups is 1. The van der Waals surface area contributed by atoms with Crippen molar-refractivity contribution in [3.8, 4) is 5.75 Å². The summed E-state index contributed by atoms with van der Waals surface area (Å²) in [6.45, 7) is 4.23. The van der Waals surface area contributed by atoms with Crippen LogP contribution in [0.1, 0.15) is 29.7 Å². The fraction of sp³-hybridized carbons (Fsp3) is 0.370. The van der Waals surface area contributed by atoms with E-state index in [0.717, 1.165) is 11.4 Å². The molecule has 2 aromatic rings. The molecule has 0 saturated carbocycles. The Morgan fingerprint density at radius 2 is 1.88 bits per heavy atom. The van der Waals surface area contributed by atoms with E-state index in [1.54, 1.807) is 24.2 Å². The largest absolute Gasteiger partial charge is 0.495 e. The molecule has 3 heterocycles. The number of fused-ring (bicyclic) bond motifs is 1. The van der Waals surface area contributed by atoms with Crippen molar-refractivity contribution in [2.45, 2.75) is 25.9 Å². The summed E-state index contributed by atoms with van der Waals surface area (Å²) in [6.07, 6.45) is 3.50. The standard InChI is InChI=1S/C27H30F2N3O7P/c1-16-10-30(14-31(16)15-39-40(34)35)23-5-4-18(6-25(23)36-3)7-26-27(33)32-20(12-38-26)11-37-13-24(32)19-8-21(28)17(2)22(29)9-19/h4-10,20,24,34-35H,11-15H2,1-3H3/b26-7-/t20-,24+/m1/s1. The third-order valence-electron chi connectivity index (χ3n) is 7.18. The number of allylic oxidation sites excluding steroid dienone is 1. The van der Waals surface area contributed by atoms with Crippen molar-refractivity contribution in [2.24, 2.45) is 0 Å². The number of ether oxygens (including phenoxy) is 3. The average molecular weight is 578 g/mol. The van der Waals surface area contributed by atoms with Crippen LogP contribution in [-0.2, 0) is 18.8 Å². The number of morpholine rings is 2. The summed E-state index contributed by atoms with van der Waals surface area (Å²) in [4.78, 5) is 37.0. The molecule has 2 N–H and O–H groups in total. The van der Waals surface area contributed by atoms with Gasteiger partial charge in [0.1, 0.15) is 30.7 Å². The summed E-state index contributed by atoms with van der Waals surface area (Å²) in [5.41, 5.74) is 2.54. The molecular weight excluding hydrogens is 547 g/mol. The topological polar surface area (TPSA) is 104 Å². The van der Waals surface area contributed by atoms with Crippen molar-refractivity contribution in [2.75, 3.05) is 45.2 Å². The predicted molar refractivity (Wildman–Crippen MR) is 142 cm³/mol.